The molecule has 0 saturated heterocycles. The minimum atomic E-state index is -0.411. The van der Waals surface area contributed by atoms with Crippen LogP contribution in [-0.4, -0.2) is 18.4 Å². The quantitative estimate of drug-likeness (QED) is 0.941. The first-order valence-electron chi connectivity index (χ1n) is 8.22. The maximum absolute atomic E-state index is 12.7. The minimum Gasteiger partial charge on any atom is -0.369 e. The smallest absolute Gasteiger partial charge is 0.227 e. The molecule has 2 aromatic carbocycles. The number of nitrogens with zero attached hydrogens (tertiary/aromatic N) is 1. The average Bonchev–Trinajstić information content (AvgIpc) is 2.94. The lowest BCUT2D eigenvalue weighted by Gasteiger charge is -2.18. The molecule has 0 aliphatic carbocycles. The fourth-order valence-electron chi connectivity index (χ4n) is 3.39. The predicted molar refractivity (Wildman–Crippen MR) is 95.0 cm³/mol. The molecule has 0 spiro atoms. The third kappa shape index (κ3) is 3.04. The molecule has 1 aliphatic rings. The maximum atomic E-state index is 12.7. The largest absolute Gasteiger partial charge is 0.369 e. The zero-order valence-corrected chi connectivity index (χ0v) is 14.1. The SMILES string of the molecule is Cc1ccc(CCC(=O)N2CC(C(N)=O)c3ccccc32)c(C)c1. The molecule has 3 rings (SSSR count). The Morgan fingerprint density at radius 1 is 1.17 bits per heavy atom. The van der Waals surface area contributed by atoms with Gasteiger partial charge < -0.3 is 10.6 Å². The van der Waals surface area contributed by atoms with Crippen molar-refractivity contribution in [2.45, 2.75) is 32.6 Å². The van der Waals surface area contributed by atoms with Gasteiger partial charge in [-0.2, -0.15) is 0 Å². The summed E-state index contributed by atoms with van der Waals surface area (Å²) in [5.41, 5.74) is 10.8. The molecular formula is C20H22N2O2. The molecule has 1 aliphatic heterocycles. The van der Waals surface area contributed by atoms with Crippen LogP contribution in [0.15, 0.2) is 42.5 Å². The number of rotatable bonds is 4. The molecule has 2 aromatic rings. The van der Waals surface area contributed by atoms with Crippen LogP contribution in [0.1, 0.15) is 34.6 Å². The highest BCUT2D eigenvalue weighted by Gasteiger charge is 2.34. The molecule has 0 aromatic heterocycles. The molecule has 1 heterocycles. The Balaban J connectivity index is 1.75. The summed E-state index contributed by atoms with van der Waals surface area (Å²) in [7, 11) is 0. The third-order valence-electron chi connectivity index (χ3n) is 4.72. The average molecular weight is 322 g/mol. The van der Waals surface area contributed by atoms with Crippen LogP contribution in [0, 0.1) is 13.8 Å². The van der Waals surface area contributed by atoms with Crippen LogP contribution in [0.2, 0.25) is 0 Å². The normalized spacial score (nSPS) is 16.1. The number of carbonyl (C=O) groups is 2. The van der Waals surface area contributed by atoms with Gasteiger partial charge in [0.25, 0.3) is 0 Å². The summed E-state index contributed by atoms with van der Waals surface area (Å²) in [4.78, 5) is 26.1. The van der Waals surface area contributed by atoms with Gasteiger partial charge in [0.1, 0.15) is 0 Å². The van der Waals surface area contributed by atoms with Crippen molar-refractivity contribution in [1.29, 1.82) is 0 Å². The Bertz CT molecular complexity index is 798. The number of anilines is 1. The van der Waals surface area contributed by atoms with Crippen LogP contribution >= 0.6 is 0 Å². The van der Waals surface area contributed by atoms with E-state index < -0.39 is 5.92 Å². The summed E-state index contributed by atoms with van der Waals surface area (Å²) in [6, 6.07) is 13.8. The van der Waals surface area contributed by atoms with E-state index in [1.54, 1.807) is 4.90 Å². The van der Waals surface area contributed by atoms with Gasteiger partial charge in [-0.15, -0.1) is 0 Å². The van der Waals surface area contributed by atoms with E-state index in [0.29, 0.717) is 19.4 Å². The zero-order chi connectivity index (χ0) is 17.3. The lowest BCUT2D eigenvalue weighted by Crippen LogP contribution is -2.33. The van der Waals surface area contributed by atoms with Gasteiger partial charge in [-0.1, -0.05) is 42.0 Å². The first kappa shape index (κ1) is 16.2. The van der Waals surface area contributed by atoms with E-state index in [1.807, 2.05) is 24.3 Å². The molecule has 0 saturated carbocycles. The summed E-state index contributed by atoms with van der Waals surface area (Å²) in [6.07, 6.45) is 1.12. The van der Waals surface area contributed by atoms with Gasteiger partial charge in [-0.05, 0) is 43.0 Å². The van der Waals surface area contributed by atoms with E-state index in [1.165, 1.54) is 16.7 Å². The van der Waals surface area contributed by atoms with Crippen molar-refractivity contribution in [1.82, 2.24) is 0 Å². The molecule has 1 atom stereocenters. The number of hydrogen-bond acceptors (Lipinski definition) is 2. The van der Waals surface area contributed by atoms with Crippen LogP contribution < -0.4 is 10.6 Å². The van der Waals surface area contributed by atoms with Gasteiger partial charge in [-0.25, -0.2) is 0 Å². The van der Waals surface area contributed by atoms with Crippen LogP contribution in [0.3, 0.4) is 0 Å². The topological polar surface area (TPSA) is 63.4 Å². The van der Waals surface area contributed by atoms with Crippen molar-refractivity contribution in [3.05, 3.63) is 64.7 Å². The molecule has 24 heavy (non-hydrogen) atoms. The van der Waals surface area contributed by atoms with Crippen molar-refractivity contribution in [3.8, 4) is 0 Å². The highest BCUT2D eigenvalue weighted by Crippen LogP contribution is 2.36. The molecular weight excluding hydrogens is 300 g/mol. The number of hydrogen-bond donors (Lipinski definition) is 1. The Labute approximate surface area is 142 Å². The molecule has 0 bridgehead atoms. The molecule has 2 N–H and O–H groups in total. The number of amides is 2. The standard InChI is InChI=1S/C20H22N2O2/c1-13-7-8-15(14(2)11-13)9-10-19(23)22-12-17(20(21)24)16-5-3-4-6-18(16)22/h3-8,11,17H,9-10,12H2,1-2H3,(H2,21,24). The summed E-state index contributed by atoms with van der Waals surface area (Å²) in [5, 5.41) is 0. The highest BCUT2D eigenvalue weighted by molar-refractivity contribution is 5.99. The number of aryl methyl sites for hydroxylation is 3. The molecule has 2 amide bonds. The fraction of sp³-hybridized carbons (Fsp3) is 0.300. The number of fused-ring (bicyclic) bond motifs is 1. The number of primary amides is 1. The first-order valence-corrected chi connectivity index (χ1v) is 8.22. The lowest BCUT2D eigenvalue weighted by molar-refractivity contribution is -0.119. The van der Waals surface area contributed by atoms with Crippen molar-refractivity contribution >= 4 is 17.5 Å². The van der Waals surface area contributed by atoms with Gasteiger partial charge in [-0.3, -0.25) is 9.59 Å². The van der Waals surface area contributed by atoms with Crippen LogP contribution in [0.25, 0.3) is 0 Å². The number of para-hydroxylation sites is 1. The van der Waals surface area contributed by atoms with Crippen molar-refractivity contribution in [3.63, 3.8) is 0 Å². The molecule has 1 unspecified atom stereocenters. The van der Waals surface area contributed by atoms with Gasteiger partial charge >= 0.3 is 0 Å². The van der Waals surface area contributed by atoms with E-state index in [9.17, 15) is 9.59 Å². The van der Waals surface area contributed by atoms with Gasteiger partial charge in [0, 0.05) is 18.7 Å². The van der Waals surface area contributed by atoms with E-state index in [0.717, 1.165) is 11.3 Å². The Morgan fingerprint density at radius 3 is 2.62 bits per heavy atom. The van der Waals surface area contributed by atoms with Crippen molar-refractivity contribution < 1.29 is 9.59 Å². The lowest BCUT2D eigenvalue weighted by atomic mass is 10.0. The molecule has 124 valence electrons. The minimum absolute atomic E-state index is 0.0335. The summed E-state index contributed by atoms with van der Waals surface area (Å²) in [6.45, 7) is 4.48. The van der Waals surface area contributed by atoms with Crippen LogP contribution in [-0.2, 0) is 16.0 Å². The van der Waals surface area contributed by atoms with Gasteiger partial charge in [0.2, 0.25) is 11.8 Å². The molecule has 0 fully saturated rings. The number of carbonyl (C=O) groups excluding carboxylic acids is 2. The number of nitrogens with two attached hydrogens (primary N) is 1. The predicted octanol–water partition coefficient (Wildman–Crippen LogP) is 2.85. The zero-order valence-electron chi connectivity index (χ0n) is 14.1. The van der Waals surface area contributed by atoms with Crippen molar-refractivity contribution in [2.24, 2.45) is 5.73 Å². The second-order valence-corrected chi connectivity index (χ2v) is 6.45. The van der Waals surface area contributed by atoms with E-state index in [-0.39, 0.29) is 11.8 Å². The Morgan fingerprint density at radius 2 is 1.92 bits per heavy atom. The number of benzene rings is 2. The second-order valence-electron chi connectivity index (χ2n) is 6.45. The summed E-state index contributed by atoms with van der Waals surface area (Å²) >= 11 is 0. The van der Waals surface area contributed by atoms with Gasteiger partial charge in [0.05, 0.1) is 5.92 Å². The summed E-state index contributed by atoms with van der Waals surface area (Å²) < 4.78 is 0. The molecule has 4 nitrogen and oxygen atoms in total. The van der Waals surface area contributed by atoms with E-state index in [4.69, 9.17) is 5.73 Å². The Hall–Kier alpha value is -2.62. The van der Waals surface area contributed by atoms with E-state index in [2.05, 4.69) is 32.0 Å². The van der Waals surface area contributed by atoms with E-state index >= 15 is 0 Å². The molecule has 0 radical (unpaired) electrons. The van der Waals surface area contributed by atoms with Crippen LogP contribution in [0.4, 0.5) is 5.69 Å². The monoisotopic (exact) mass is 322 g/mol. The molecule has 4 heteroatoms. The van der Waals surface area contributed by atoms with Gasteiger partial charge in [0.15, 0.2) is 0 Å². The van der Waals surface area contributed by atoms with Crippen molar-refractivity contribution in [2.75, 3.05) is 11.4 Å². The second kappa shape index (κ2) is 6.48. The highest BCUT2D eigenvalue weighted by atomic mass is 16.2. The Kier molecular flexibility index (Phi) is 4.38. The maximum Gasteiger partial charge on any atom is 0.227 e. The summed E-state index contributed by atoms with van der Waals surface area (Å²) in [5.74, 6) is -0.760. The fourth-order valence-corrected chi connectivity index (χ4v) is 3.39. The van der Waals surface area contributed by atoms with Crippen LogP contribution in [0.5, 0.6) is 0 Å². The third-order valence-corrected chi connectivity index (χ3v) is 4.72. The first-order chi connectivity index (χ1) is 11.5.